The number of thioether (sulfide) groups is 1. The minimum absolute atomic E-state index is 0.0354. The Bertz CT molecular complexity index is 943. The van der Waals surface area contributed by atoms with Crippen molar-refractivity contribution in [1.29, 1.82) is 0 Å². The smallest absolute Gasteiger partial charge is 0.266 e. The second-order valence-corrected chi connectivity index (χ2v) is 9.95. The Labute approximate surface area is 196 Å². The molecule has 0 bridgehead atoms. The Hall–Kier alpha value is -2.10. The minimum atomic E-state index is -0.0467. The summed E-state index contributed by atoms with van der Waals surface area (Å²) in [6.45, 7) is 2.71. The van der Waals surface area contributed by atoms with Crippen LogP contribution in [-0.4, -0.2) is 37.8 Å². The fourth-order valence-corrected chi connectivity index (χ4v) is 5.15. The van der Waals surface area contributed by atoms with Gasteiger partial charge in [0.15, 0.2) is 0 Å². The summed E-state index contributed by atoms with van der Waals surface area (Å²) in [4.78, 5) is 27.1. The van der Waals surface area contributed by atoms with Gasteiger partial charge in [-0.3, -0.25) is 14.5 Å². The van der Waals surface area contributed by atoms with Crippen LogP contribution in [0.1, 0.15) is 56.0 Å². The number of nitrogens with zero attached hydrogens (tertiary/aromatic N) is 3. The van der Waals surface area contributed by atoms with Crippen molar-refractivity contribution in [3.8, 4) is 0 Å². The molecule has 6 nitrogen and oxygen atoms in total. The van der Waals surface area contributed by atoms with Gasteiger partial charge in [-0.25, -0.2) is 0 Å². The number of carbonyl (C=O) groups is 2. The maximum Gasteiger partial charge on any atom is 0.266 e. The van der Waals surface area contributed by atoms with Gasteiger partial charge in [0.25, 0.3) is 5.91 Å². The van der Waals surface area contributed by atoms with E-state index >= 15 is 0 Å². The average Bonchev–Trinajstić information content (AvgIpc) is 3.31. The summed E-state index contributed by atoms with van der Waals surface area (Å²) in [6, 6.07) is 9.76. The van der Waals surface area contributed by atoms with Gasteiger partial charge >= 0.3 is 0 Å². The number of anilines is 1. The molecule has 1 saturated heterocycles. The molecule has 0 saturated carbocycles. The standard InChI is InChI=1S/C22H26N4O2S3/c1-2-3-13-19-24-25-21(31-19)23-18(27)12-8-5-9-14-26-20(28)17(30-22(26)29)15-16-10-6-4-7-11-16/h4,6-7,10-11,15H,2-3,5,8-9,12-14H2,1H3,(H,23,25,27)/b17-15-. The number of unbranched alkanes of at least 4 members (excludes halogenated alkanes) is 3. The molecule has 1 N–H and O–H groups in total. The van der Waals surface area contributed by atoms with Crippen LogP contribution in [0.3, 0.4) is 0 Å². The highest BCUT2D eigenvalue weighted by atomic mass is 32.2. The normalized spacial score (nSPS) is 15.1. The molecule has 31 heavy (non-hydrogen) atoms. The second-order valence-electron chi connectivity index (χ2n) is 7.21. The lowest BCUT2D eigenvalue weighted by atomic mass is 10.2. The van der Waals surface area contributed by atoms with E-state index in [2.05, 4.69) is 22.4 Å². The van der Waals surface area contributed by atoms with Crippen molar-refractivity contribution < 1.29 is 9.59 Å². The Balaban J connectivity index is 1.36. The van der Waals surface area contributed by atoms with Crippen molar-refractivity contribution in [1.82, 2.24) is 15.1 Å². The van der Waals surface area contributed by atoms with Crippen LogP contribution in [0.5, 0.6) is 0 Å². The molecule has 0 unspecified atom stereocenters. The number of rotatable bonds is 11. The van der Waals surface area contributed by atoms with E-state index in [1.165, 1.54) is 23.1 Å². The monoisotopic (exact) mass is 474 g/mol. The van der Waals surface area contributed by atoms with E-state index in [1.54, 1.807) is 4.90 Å². The summed E-state index contributed by atoms with van der Waals surface area (Å²) in [5.74, 6) is -0.0821. The third-order valence-corrected chi connectivity index (χ3v) is 6.99. The lowest BCUT2D eigenvalue weighted by Gasteiger charge is -2.13. The van der Waals surface area contributed by atoms with E-state index in [1.807, 2.05) is 36.4 Å². The predicted octanol–water partition coefficient (Wildman–Crippen LogP) is 5.28. The van der Waals surface area contributed by atoms with Crippen molar-refractivity contribution in [2.75, 3.05) is 11.9 Å². The highest BCUT2D eigenvalue weighted by Gasteiger charge is 2.31. The first-order valence-electron chi connectivity index (χ1n) is 10.5. The lowest BCUT2D eigenvalue weighted by molar-refractivity contribution is -0.122. The van der Waals surface area contributed by atoms with Crippen LogP contribution >= 0.6 is 35.3 Å². The first kappa shape index (κ1) is 23.6. The minimum Gasteiger partial charge on any atom is -0.301 e. The quantitative estimate of drug-likeness (QED) is 0.271. The number of hydrogen-bond donors (Lipinski definition) is 1. The molecule has 0 radical (unpaired) electrons. The number of benzene rings is 1. The number of thiocarbonyl (C=S) groups is 1. The number of aryl methyl sites for hydroxylation is 1. The molecule has 9 heteroatoms. The molecule has 2 aromatic rings. The van der Waals surface area contributed by atoms with E-state index in [0.29, 0.717) is 27.3 Å². The number of carbonyl (C=O) groups excluding carboxylic acids is 2. The van der Waals surface area contributed by atoms with E-state index < -0.39 is 0 Å². The molecule has 1 aliphatic heterocycles. The van der Waals surface area contributed by atoms with Crippen LogP contribution in [0.15, 0.2) is 35.2 Å². The second kappa shape index (κ2) is 12.1. The first-order valence-corrected chi connectivity index (χ1v) is 12.5. The van der Waals surface area contributed by atoms with Gasteiger partial charge in [-0.1, -0.05) is 85.4 Å². The summed E-state index contributed by atoms with van der Waals surface area (Å²) < 4.78 is 0.597. The molecule has 1 aromatic heterocycles. The van der Waals surface area contributed by atoms with Crippen LogP contribution in [0.25, 0.3) is 6.08 Å². The van der Waals surface area contributed by atoms with Crippen molar-refractivity contribution in [2.24, 2.45) is 0 Å². The Morgan fingerprint density at radius 1 is 1.16 bits per heavy atom. The Morgan fingerprint density at radius 2 is 1.97 bits per heavy atom. The van der Waals surface area contributed by atoms with E-state index in [-0.39, 0.29) is 11.8 Å². The highest BCUT2D eigenvalue weighted by Crippen LogP contribution is 2.32. The third-order valence-electron chi connectivity index (χ3n) is 4.71. The molecule has 0 atom stereocenters. The molecule has 3 rings (SSSR count). The van der Waals surface area contributed by atoms with Gasteiger partial charge in [0.1, 0.15) is 9.33 Å². The van der Waals surface area contributed by atoms with Gasteiger partial charge in [-0.15, -0.1) is 10.2 Å². The maximum atomic E-state index is 12.6. The third kappa shape index (κ3) is 7.22. The van der Waals surface area contributed by atoms with Gasteiger partial charge in [0.2, 0.25) is 11.0 Å². The topological polar surface area (TPSA) is 75.2 Å². The number of amides is 2. The van der Waals surface area contributed by atoms with Crippen LogP contribution in [-0.2, 0) is 16.0 Å². The molecule has 2 amide bonds. The molecule has 1 aliphatic rings. The highest BCUT2D eigenvalue weighted by molar-refractivity contribution is 8.26. The molecule has 2 heterocycles. The van der Waals surface area contributed by atoms with Crippen molar-refractivity contribution in [3.63, 3.8) is 0 Å². The van der Waals surface area contributed by atoms with E-state index in [9.17, 15) is 9.59 Å². The molecule has 0 aliphatic carbocycles. The fourth-order valence-electron chi connectivity index (χ4n) is 3.04. The van der Waals surface area contributed by atoms with Gasteiger partial charge in [0, 0.05) is 19.4 Å². The maximum absolute atomic E-state index is 12.6. The summed E-state index contributed by atoms with van der Waals surface area (Å²) in [5.41, 5.74) is 0.988. The number of nitrogens with one attached hydrogen (secondary N) is 1. The van der Waals surface area contributed by atoms with Crippen molar-refractivity contribution in [3.05, 3.63) is 45.8 Å². The summed E-state index contributed by atoms with van der Waals surface area (Å²) in [7, 11) is 0. The zero-order valence-corrected chi connectivity index (χ0v) is 20.0. The van der Waals surface area contributed by atoms with Crippen molar-refractivity contribution >= 4 is 62.7 Å². The summed E-state index contributed by atoms with van der Waals surface area (Å²) in [5, 5.41) is 12.5. The number of aromatic nitrogens is 2. The first-order chi connectivity index (χ1) is 15.1. The molecule has 1 aromatic carbocycles. The zero-order valence-electron chi connectivity index (χ0n) is 17.5. The lowest BCUT2D eigenvalue weighted by Crippen LogP contribution is -2.29. The van der Waals surface area contributed by atoms with Crippen molar-refractivity contribution in [2.45, 2.75) is 51.9 Å². The van der Waals surface area contributed by atoms with Gasteiger partial charge in [0.05, 0.1) is 4.91 Å². The zero-order chi connectivity index (χ0) is 22.1. The van der Waals surface area contributed by atoms with Crippen LogP contribution in [0.4, 0.5) is 5.13 Å². The summed E-state index contributed by atoms with van der Waals surface area (Å²) >= 11 is 8.17. The molecule has 164 valence electrons. The summed E-state index contributed by atoms with van der Waals surface area (Å²) in [6.07, 6.45) is 7.80. The largest absolute Gasteiger partial charge is 0.301 e. The van der Waals surface area contributed by atoms with Gasteiger partial charge < -0.3 is 5.32 Å². The molecule has 1 fully saturated rings. The average molecular weight is 475 g/mol. The SMILES string of the molecule is CCCCc1nnc(NC(=O)CCCCCN2C(=O)/C(=C/c3ccccc3)SC2=S)s1. The van der Waals surface area contributed by atoms with Crippen LogP contribution in [0.2, 0.25) is 0 Å². The molecular weight excluding hydrogens is 448 g/mol. The number of hydrogen-bond acceptors (Lipinski definition) is 7. The van der Waals surface area contributed by atoms with E-state index in [4.69, 9.17) is 12.2 Å². The van der Waals surface area contributed by atoms with Crippen LogP contribution < -0.4 is 5.32 Å². The van der Waals surface area contributed by atoms with Crippen LogP contribution in [0, 0.1) is 0 Å². The van der Waals surface area contributed by atoms with Gasteiger partial charge in [-0.05, 0) is 30.9 Å². The molecule has 0 spiro atoms. The Kier molecular flexibility index (Phi) is 9.17. The predicted molar refractivity (Wildman–Crippen MR) is 132 cm³/mol. The Morgan fingerprint density at radius 3 is 2.74 bits per heavy atom. The van der Waals surface area contributed by atoms with Gasteiger partial charge in [-0.2, -0.15) is 0 Å². The molecular formula is C22H26N4O2S3. The fraction of sp³-hybridized carbons (Fsp3) is 0.409. The van der Waals surface area contributed by atoms with E-state index in [0.717, 1.165) is 49.1 Å².